The zero-order chi connectivity index (χ0) is 10.3. The monoisotopic (exact) mass is 236 g/mol. The molecule has 1 fully saturated rings. The summed E-state index contributed by atoms with van der Waals surface area (Å²) < 4.78 is 0. The second-order valence-electron chi connectivity index (χ2n) is 4.61. The number of aromatic amines is 1. The minimum Gasteiger partial charge on any atom is -0.361 e. The fourth-order valence-corrected chi connectivity index (χ4v) is 2.15. The fourth-order valence-electron chi connectivity index (χ4n) is 2.15. The Morgan fingerprint density at radius 1 is 1.31 bits per heavy atom. The smallest absolute Gasteiger partial charge is 0.0454 e. The third-order valence-electron chi connectivity index (χ3n) is 3.29. The van der Waals surface area contributed by atoms with Crippen molar-refractivity contribution >= 4 is 23.3 Å². The van der Waals surface area contributed by atoms with Gasteiger partial charge in [-0.25, -0.2) is 0 Å². The lowest BCUT2D eigenvalue weighted by Crippen LogP contribution is -2.10. The van der Waals surface area contributed by atoms with Crippen molar-refractivity contribution in [3.05, 3.63) is 36.0 Å². The highest BCUT2D eigenvalue weighted by molar-refractivity contribution is 5.85. The van der Waals surface area contributed by atoms with Gasteiger partial charge in [-0.2, -0.15) is 0 Å². The van der Waals surface area contributed by atoms with Crippen molar-refractivity contribution < 1.29 is 0 Å². The van der Waals surface area contributed by atoms with Gasteiger partial charge in [-0.1, -0.05) is 18.9 Å². The third kappa shape index (κ3) is 2.23. The van der Waals surface area contributed by atoms with E-state index in [-0.39, 0.29) is 18.4 Å². The molecule has 0 unspecified atom stereocenters. The van der Waals surface area contributed by atoms with Crippen LogP contribution < -0.4 is 5.73 Å². The lowest BCUT2D eigenvalue weighted by Gasteiger charge is -2.11. The molecule has 1 aliphatic rings. The van der Waals surface area contributed by atoms with E-state index in [9.17, 15) is 0 Å². The Kier molecular flexibility index (Phi) is 3.22. The maximum Gasteiger partial charge on any atom is 0.0454 e. The van der Waals surface area contributed by atoms with Crippen LogP contribution in [0.1, 0.15) is 30.9 Å². The topological polar surface area (TPSA) is 41.8 Å². The standard InChI is InChI=1S/C13H16N2.ClH/c14-12(7-9-1-2-9)10-3-4-13-11(8-10)5-6-15-13;/h3-6,8-9,12,15H,1-2,7,14H2;1H/t12-;/m1./s1. The van der Waals surface area contributed by atoms with Gasteiger partial charge in [0.2, 0.25) is 0 Å². The summed E-state index contributed by atoms with van der Waals surface area (Å²) in [5.41, 5.74) is 8.65. The molecule has 1 heterocycles. The quantitative estimate of drug-likeness (QED) is 0.843. The molecule has 1 saturated carbocycles. The fraction of sp³-hybridized carbons (Fsp3) is 0.385. The zero-order valence-corrected chi connectivity index (χ0v) is 9.96. The summed E-state index contributed by atoms with van der Waals surface area (Å²) in [5, 5.41) is 1.26. The average Bonchev–Trinajstić information content (AvgIpc) is 2.94. The van der Waals surface area contributed by atoms with E-state index in [0.717, 1.165) is 12.3 Å². The van der Waals surface area contributed by atoms with E-state index in [1.807, 2.05) is 6.20 Å². The summed E-state index contributed by atoms with van der Waals surface area (Å²) in [5.74, 6) is 0.891. The molecule has 1 aromatic heterocycles. The maximum absolute atomic E-state index is 6.19. The number of nitrogens with two attached hydrogens (primary N) is 1. The van der Waals surface area contributed by atoms with Crippen molar-refractivity contribution in [1.29, 1.82) is 0 Å². The van der Waals surface area contributed by atoms with E-state index >= 15 is 0 Å². The van der Waals surface area contributed by atoms with E-state index < -0.39 is 0 Å². The van der Waals surface area contributed by atoms with Gasteiger partial charge in [0.25, 0.3) is 0 Å². The van der Waals surface area contributed by atoms with Crippen molar-refractivity contribution in [3.63, 3.8) is 0 Å². The molecule has 0 aliphatic heterocycles. The van der Waals surface area contributed by atoms with E-state index in [4.69, 9.17) is 5.73 Å². The second-order valence-corrected chi connectivity index (χ2v) is 4.61. The van der Waals surface area contributed by atoms with Crippen LogP contribution in [0.3, 0.4) is 0 Å². The summed E-state index contributed by atoms with van der Waals surface area (Å²) >= 11 is 0. The predicted molar refractivity (Wildman–Crippen MR) is 69.8 cm³/mol. The van der Waals surface area contributed by atoms with Gasteiger partial charge in [0.1, 0.15) is 0 Å². The van der Waals surface area contributed by atoms with Crippen molar-refractivity contribution in [2.75, 3.05) is 0 Å². The molecule has 0 radical (unpaired) electrons. The summed E-state index contributed by atoms with van der Waals surface area (Å²) in [6.07, 6.45) is 5.87. The number of fused-ring (bicyclic) bond motifs is 1. The Hall–Kier alpha value is -0.990. The number of hydrogen-bond donors (Lipinski definition) is 2. The molecule has 0 spiro atoms. The van der Waals surface area contributed by atoms with Crippen LogP contribution in [-0.4, -0.2) is 4.98 Å². The van der Waals surface area contributed by atoms with Gasteiger partial charge >= 0.3 is 0 Å². The van der Waals surface area contributed by atoms with Crippen LogP contribution >= 0.6 is 12.4 Å². The number of benzene rings is 1. The Labute approximate surface area is 102 Å². The molecule has 1 atom stereocenters. The molecule has 0 amide bonds. The molecule has 0 bridgehead atoms. The Balaban J connectivity index is 0.000000963. The van der Waals surface area contributed by atoms with Crippen molar-refractivity contribution in [3.8, 4) is 0 Å². The first-order chi connectivity index (χ1) is 7.33. The third-order valence-corrected chi connectivity index (χ3v) is 3.29. The molecular formula is C13H17ClN2. The van der Waals surface area contributed by atoms with Crippen LogP contribution in [0, 0.1) is 5.92 Å². The van der Waals surface area contributed by atoms with Gasteiger partial charge in [-0.05, 0) is 41.5 Å². The van der Waals surface area contributed by atoms with Crippen LogP contribution in [0.4, 0.5) is 0 Å². The molecule has 1 aromatic carbocycles. The molecule has 16 heavy (non-hydrogen) atoms. The van der Waals surface area contributed by atoms with Gasteiger partial charge in [0.15, 0.2) is 0 Å². The molecule has 2 nitrogen and oxygen atoms in total. The molecule has 86 valence electrons. The number of aromatic nitrogens is 1. The molecule has 3 N–H and O–H groups in total. The minimum atomic E-state index is 0. The Morgan fingerprint density at radius 3 is 2.88 bits per heavy atom. The SMILES string of the molecule is Cl.N[C@H](CC1CC1)c1ccc2[nH]ccc2c1. The van der Waals surface area contributed by atoms with Gasteiger partial charge < -0.3 is 10.7 Å². The van der Waals surface area contributed by atoms with Crippen LogP contribution in [-0.2, 0) is 0 Å². The summed E-state index contributed by atoms with van der Waals surface area (Å²) in [7, 11) is 0. The maximum atomic E-state index is 6.19. The van der Waals surface area contributed by atoms with E-state index in [1.54, 1.807) is 0 Å². The summed E-state index contributed by atoms with van der Waals surface area (Å²) in [6, 6.07) is 8.79. The number of hydrogen-bond acceptors (Lipinski definition) is 1. The van der Waals surface area contributed by atoms with E-state index in [0.29, 0.717) is 0 Å². The lowest BCUT2D eigenvalue weighted by atomic mass is 10.0. The molecule has 0 saturated heterocycles. The first-order valence-corrected chi connectivity index (χ1v) is 5.65. The highest BCUT2D eigenvalue weighted by Crippen LogP contribution is 2.37. The normalized spacial score (nSPS) is 17.1. The number of H-pyrrole nitrogens is 1. The van der Waals surface area contributed by atoms with Crippen LogP contribution in [0.5, 0.6) is 0 Å². The highest BCUT2D eigenvalue weighted by atomic mass is 35.5. The zero-order valence-electron chi connectivity index (χ0n) is 9.15. The summed E-state index contributed by atoms with van der Waals surface area (Å²) in [4.78, 5) is 3.20. The van der Waals surface area contributed by atoms with Crippen LogP contribution in [0.15, 0.2) is 30.5 Å². The average molecular weight is 237 g/mol. The Bertz CT molecular complexity index is 473. The van der Waals surface area contributed by atoms with Gasteiger partial charge in [-0.15, -0.1) is 12.4 Å². The van der Waals surface area contributed by atoms with Crippen molar-refractivity contribution in [1.82, 2.24) is 4.98 Å². The minimum absolute atomic E-state index is 0. The van der Waals surface area contributed by atoms with Crippen molar-refractivity contribution in [2.45, 2.75) is 25.3 Å². The largest absolute Gasteiger partial charge is 0.361 e. The highest BCUT2D eigenvalue weighted by Gasteiger charge is 2.24. The predicted octanol–water partition coefficient (Wildman–Crippen LogP) is 3.39. The lowest BCUT2D eigenvalue weighted by molar-refractivity contribution is 0.597. The first-order valence-electron chi connectivity index (χ1n) is 5.65. The second kappa shape index (κ2) is 4.48. The van der Waals surface area contributed by atoms with Gasteiger partial charge in [-0.3, -0.25) is 0 Å². The van der Waals surface area contributed by atoms with E-state index in [2.05, 4.69) is 29.2 Å². The molecule has 3 heteroatoms. The van der Waals surface area contributed by atoms with Crippen molar-refractivity contribution in [2.24, 2.45) is 11.7 Å². The Morgan fingerprint density at radius 2 is 2.12 bits per heavy atom. The first kappa shape index (κ1) is 11.5. The van der Waals surface area contributed by atoms with Crippen LogP contribution in [0.2, 0.25) is 0 Å². The molecule has 1 aliphatic carbocycles. The number of rotatable bonds is 3. The van der Waals surface area contributed by atoms with Gasteiger partial charge in [0.05, 0.1) is 0 Å². The number of halogens is 1. The molecular weight excluding hydrogens is 220 g/mol. The molecule has 2 aromatic rings. The van der Waals surface area contributed by atoms with Gasteiger partial charge in [0, 0.05) is 17.8 Å². The molecule has 3 rings (SSSR count). The van der Waals surface area contributed by atoms with Crippen LogP contribution in [0.25, 0.3) is 10.9 Å². The summed E-state index contributed by atoms with van der Waals surface area (Å²) in [6.45, 7) is 0. The van der Waals surface area contributed by atoms with E-state index in [1.165, 1.54) is 29.3 Å². The number of nitrogens with one attached hydrogen (secondary N) is 1.